The summed E-state index contributed by atoms with van der Waals surface area (Å²) >= 11 is 5.90. The summed E-state index contributed by atoms with van der Waals surface area (Å²) in [4.78, 5) is 12.1. The molecule has 4 heteroatoms. The van der Waals surface area contributed by atoms with E-state index >= 15 is 0 Å². The van der Waals surface area contributed by atoms with Crippen molar-refractivity contribution in [3.63, 3.8) is 0 Å². The molecule has 1 aliphatic rings. The minimum atomic E-state index is -0.507. The van der Waals surface area contributed by atoms with Crippen LogP contribution in [0.3, 0.4) is 0 Å². The van der Waals surface area contributed by atoms with Crippen LogP contribution in [0, 0.1) is 5.92 Å². The number of benzene rings is 1. The largest absolute Gasteiger partial charge is 0.481 e. The predicted molar refractivity (Wildman–Crippen MR) is 81.1 cm³/mol. The van der Waals surface area contributed by atoms with E-state index in [0.717, 1.165) is 18.8 Å². The summed E-state index contributed by atoms with van der Waals surface area (Å²) in [6, 6.07) is 7.41. The van der Waals surface area contributed by atoms with E-state index in [1.807, 2.05) is 6.07 Å². The predicted octanol–water partition coefficient (Wildman–Crippen LogP) is 3.80. The lowest BCUT2D eigenvalue weighted by atomic mass is 9.87. The van der Waals surface area contributed by atoms with Crippen LogP contribution in [-0.2, 0) is 4.79 Å². The summed E-state index contributed by atoms with van der Waals surface area (Å²) in [5.41, 5.74) is 0. The minimum Gasteiger partial charge on any atom is -0.481 e. The molecule has 0 heterocycles. The van der Waals surface area contributed by atoms with E-state index in [2.05, 4.69) is 12.2 Å². The number of hydrogen-bond donors (Lipinski definition) is 1. The van der Waals surface area contributed by atoms with Crippen molar-refractivity contribution in [1.82, 2.24) is 5.32 Å². The Bertz CT molecular complexity index is 456. The maximum atomic E-state index is 12.1. The second-order valence-corrected chi connectivity index (χ2v) is 6.12. The third-order valence-electron chi connectivity index (χ3n) is 3.84. The molecule has 0 bridgehead atoms. The Morgan fingerprint density at radius 3 is 2.70 bits per heavy atom. The maximum absolute atomic E-state index is 12.1. The third kappa shape index (κ3) is 4.41. The van der Waals surface area contributed by atoms with Crippen LogP contribution < -0.4 is 10.1 Å². The zero-order valence-electron chi connectivity index (χ0n) is 12.1. The molecule has 1 atom stereocenters. The lowest BCUT2D eigenvalue weighted by molar-refractivity contribution is -0.128. The summed E-state index contributed by atoms with van der Waals surface area (Å²) < 4.78 is 5.62. The smallest absolute Gasteiger partial charge is 0.260 e. The third-order valence-corrected chi connectivity index (χ3v) is 4.08. The summed E-state index contributed by atoms with van der Waals surface area (Å²) in [5, 5.41) is 3.68. The molecule has 0 saturated heterocycles. The van der Waals surface area contributed by atoms with E-state index in [1.165, 1.54) is 12.8 Å². The van der Waals surface area contributed by atoms with Crippen molar-refractivity contribution < 1.29 is 9.53 Å². The first-order chi connectivity index (χ1) is 9.54. The van der Waals surface area contributed by atoms with Gasteiger partial charge in [0.1, 0.15) is 5.75 Å². The molecule has 1 aliphatic carbocycles. The van der Waals surface area contributed by atoms with Gasteiger partial charge in [-0.1, -0.05) is 24.6 Å². The minimum absolute atomic E-state index is 0.0514. The quantitative estimate of drug-likeness (QED) is 0.917. The molecule has 2 rings (SSSR count). The number of ether oxygens (including phenoxy) is 1. The van der Waals surface area contributed by atoms with E-state index in [9.17, 15) is 4.79 Å². The van der Waals surface area contributed by atoms with Gasteiger partial charge >= 0.3 is 0 Å². The van der Waals surface area contributed by atoms with Crippen molar-refractivity contribution in [2.24, 2.45) is 5.92 Å². The highest BCUT2D eigenvalue weighted by atomic mass is 35.5. The highest BCUT2D eigenvalue weighted by Gasteiger charge is 2.22. The first-order valence-corrected chi connectivity index (χ1v) is 7.65. The molecule has 0 spiro atoms. The number of amides is 1. The average molecular weight is 296 g/mol. The van der Waals surface area contributed by atoms with Crippen LogP contribution in [-0.4, -0.2) is 18.1 Å². The van der Waals surface area contributed by atoms with Crippen LogP contribution >= 0.6 is 11.6 Å². The van der Waals surface area contributed by atoms with Crippen molar-refractivity contribution >= 4 is 17.5 Å². The molecule has 110 valence electrons. The van der Waals surface area contributed by atoms with Gasteiger partial charge in [-0.2, -0.15) is 0 Å². The second-order valence-electron chi connectivity index (χ2n) is 5.68. The van der Waals surface area contributed by atoms with Crippen LogP contribution in [0.5, 0.6) is 5.75 Å². The summed E-state index contributed by atoms with van der Waals surface area (Å²) in [7, 11) is 0. The number of halogens is 1. The molecule has 0 unspecified atom stereocenters. The van der Waals surface area contributed by atoms with Crippen molar-refractivity contribution in [1.29, 1.82) is 0 Å². The molecular formula is C16H22ClNO2. The first kappa shape index (κ1) is 15.2. The molecule has 1 N–H and O–H groups in total. The van der Waals surface area contributed by atoms with Gasteiger partial charge in [0.25, 0.3) is 5.91 Å². The molecule has 20 heavy (non-hydrogen) atoms. The molecule has 1 fully saturated rings. The molecule has 0 radical (unpaired) electrons. The zero-order valence-corrected chi connectivity index (χ0v) is 12.8. The average Bonchev–Trinajstić information content (AvgIpc) is 2.41. The van der Waals surface area contributed by atoms with E-state index in [4.69, 9.17) is 16.3 Å². The Labute approximate surface area is 125 Å². The fraction of sp³-hybridized carbons (Fsp3) is 0.562. The van der Waals surface area contributed by atoms with E-state index in [1.54, 1.807) is 25.1 Å². The van der Waals surface area contributed by atoms with Gasteiger partial charge < -0.3 is 10.1 Å². The molecular weight excluding hydrogens is 274 g/mol. The van der Waals surface area contributed by atoms with E-state index < -0.39 is 6.10 Å². The van der Waals surface area contributed by atoms with Crippen LogP contribution in [0.4, 0.5) is 0 Å². The number of hydrogen-bond acceptors (Lipinski definition) is 2. The number of nitrogens with one attached hydrogen (secondary N) is 1. The number of rotatable bonds is 4. The highest BCUT2D eigenvalue weighted by molar-refractivity contribution is 6.30. The Kier molecular flexibility index (Phi) is 5.30. The number of carbonyl (C=O) groups excluding carboxylic acids is 1. The summed E-state index contributed by atoms with van der Waals surface area (Å²) in [6.45, 7) is 4.03. The number of carbonyl (C=O) groups is 1. The Morgan fingerprint density at radius 1 is 1.35 bits per heavy atom. The Morgan fingerprint density at radius 2 is 2.05 bits per heavy atom. The second kappa shape index (κ2) is 6.98. The lowest BCUT2D eigenvalue weighted by Gasteiger charge is -2.28. The van der Waals surface area contributed by atoms with Gasteiger partial charge in [-0.05, 0) is 56.7 Å². The standard InChI is InChI=1S/C16H22ClNO2/c1-11-6-8-14(9-7-11)18-16(19)12(2)20-15-5-3-4-13(17)10-15/h3-5,10-12,14H,6-9H2,1-2H3,(H,18,19)/t11?,12-,14?/m0/s1. The fourth-order valence-corrected chi connectivity index (χ4v) is 2.70. The SMILES string of the molecule is CC1CCC(NC(=O)[C@H](C)Oc2cccc(Cl)c2)CC1. The van der Waals surface area contributed by atoms with Gasteiger partial charge in [-0.3, -0.25) is 4.79 Å². The highest BCUT2D eigenvalue weighted by Crippen LogP contribution is 2.23. The van der Waals surface area contributed by atoms with Gasteiger partial charge in [-0.15, -0.1) is 0 Å². The molecule has 1 amide bonds. The van der Waals surface area contributed by atoms with Crippen LogP contribution in [0.1, 0.15) is 39.5 Å². The Balaban J connectivity index is 1.83. The monoisotopic (exact) mass is 295 g/mol. The first-order valence-electron chi connectivity index (χ1n) is 7.27. The summed E-state index contributed by atoms with van der Waals surface area (Å²) in [5.74, 6) is 1.35. The summed E-state index contributed by atoms with van der Waals surface area (Å²) in [6.07, 6.45) is 4.00. The van der Waals surface area contributed by atoms with Gasteiger partial charge in [-0.25, -0.2) is 0 Å². The lowest BCUT2D eigenvalue weighted by Crippen LogP contribution is -2.43. The zero-order chi connectivity index (χ0) is 14.5. The van der Waals surface area contributed by atoms with Gasteiger partial charge in [0.05, 0.1) is 0 Å². The molecule has 1 aromatic carbocycles. The van der Waals surface area contributed by atoms with Crippen LogP contribution in [0.25, 0.3) is 0 Å². The Hall–Kier alpha value is -1.22. The topological polar surface area (TPSA) is 38.3 Å². The van der Waals surface area contributed by atoms with Gasteiger partial charge in [0.2, 0.25) is 0 Å². The molecule has 1 saturated carbocycles. The normalized spacial score (nSPS) is 23.9. The van der Waals surface area contributed by atoms with Crippen molar-refractivity contribution in [2.75, 3.05) is 0 Å². The molecule has 0 aliphatic heterocycles. The van der Waals surface area contributed by atoms with Crippen LogP contribution in [0.2, 0.25) is 5.02 Å². The fourth-order valence-electron chi connectivity index (χ4n) is 2.52. The molecule has 1 aromatic rings. The maximum Gasteiger partial charge on any atom is 0.260 e. The van der Waals surface area contributed by atoms with Crippen molar-refractivity contribution in [2.45, 2.75) is 51.7 Å². The van der Waals surface area contributed by atoms with Gasteiger partial charge in [0, 0.05) is 11.1 Å². The van der Waals surface area contributed by atoms with E-state index in [0.29, 0.717) is 16.8 Å². The molecule has 3 nitrogen and oxygen atoms in total. The van der Waals surface area contributed by atoms with Crippen molar-refractivity contribution in [3.8, 4) is 5.75 Å². The van der Waals surface area contributed by atoms with Gasteiger partial charge in [0.15, 0.2) is 6.10 Å². The van der Waals surface area contributed by atoms with Crippen molar-refractivity contribution in [3.05, 3.63) is 29.3 Å². The van der Waals surface area contributed by atoms with E-state index in [-0.39, 0.29) is 5.91 Å². The molecule has 0 aromatic heterocycles. The van der Waals surface area contributed by atoms with Crippen LogP contribution in [0.15, 0.2) is 24.3 Å².